The van der Waals surface area contributed by atoms with Crippen molar-refractivity contribution in [1.82, 2.24) is 19.3 Å². The molecule has 0 saturated heterocycles. The topological polar surface area (TPSA) is 35.6 Å². The predicted octanol–water partition coefficient (Wildman–Crippen LogP) is 4.84. The highest BCUT2D eigenvalue weighted by Gasteiger charge is 2.20. The lowest BCUT2D eigenvalue weighted by Gasteiger charge is -2.10. The summed E-state index contributed by atoms with van der Waals surface area (Å²) in [5, 5.41) is 4.91. The number of aromatic nitrogens is 4. The summed E-state index contributed by atoms with van der Waals surface area (Å²) in [6.07, 6.45) is 1.78. The van der Waals surface area contributed by atoms with Gasteiger partial charge in [0.1, 0.15) is 18.0 Å². The summed E-state index contributed by atoms with van der Waals surface area (Å²) in [7, 11) is 1.88. The first kappa shape index (κ1) is 15.8. The molecule has 0 aliphatic carbocycles. The lowest BCUT2D eigenvalue weighted by Crippen LogP contribution is -2.03. The van der Waals surface area contributed by atoms with E-state index in [2.05, 4.69) is 10.1 Å². The first-order valence-corrected chi connectivity index (χ1v) is 8.26. The molecule has 0 spiro atoms. The van der Waals surface area contributed by atoms with Crippen LogP contribution in [0.5, 0.6) is 0 Å². The average molecular weight is 355 g/mol. The molecule has 25 heavy (non-hydrogen) atoms. The predicted molar refractivity (Wildman–Crippen MR) is 97.7 cm³/mol. The van der Waals surface area contributed by atoms with E-state index in [1.807, 2.05) is 43.7 Å². The smallest absolute Gasteiger partial charge is 0.144 e. The standard InChI is InChI=1S/C19H16ClFN4/c1-11-4-7-17-16(8-11)22-10-25(17)19-18(12(2)23-24(19)3)14-6-5-13(21)9-15(14)20/h4-10H,1-3H3. The van der Waals surface area contributed by atoms with Gasteiger partial charge in [-0.1, -0.05) is 17.7 Å². The second-order valence-electron chi connectivity index (χ2n) is 6.14. The van der Waals surface area contributed by atoms with Crippen molar-refractivity contribution < 1.29 is 4.39 Å². The number of benzene rings is 2. The minimum absolute atomic E-state index is 0.359. The molecule has 0 unspecified atom stereocenters. The van der Waals surface area contributed by atoms with Gasteiger partial charge in [-0.15, -0.1) is 0 Å². The third kappa shape index (κ3) is 2.51. The van der Waals surface area contributed by atoms with Crippen molar-refractivity contribution in [3.05, 3.63) is 64.8 Å². The maximum atomic E-state index is 13.5. The first-order chi connectivity index (χ1) is 12.0. The molecule has 0 aliphatic rings. The molecule has 4 rings (SSSR count). The Hall–Kier alpha value is -2.66. The van der Waals surface area contributed by atoms with E-state index in [1.165, 1.54) is 12.1 Å². The second-order valence-corrected chi connectivity index (χ2v) is 6.55. The quantitative estimate of drug-likeness (QED) is 0.516. The Balaban J connectivity index is 2.02. The summed E-state index contributed by atoms with van der Waals surface area (Å²) in [5.74, 6) is 0.484. The van der Waals surface area contributed by atoms with Crippen molar-refractivity contribution in [3.63, 3.8) is 0 Å². The van der Waals surface area contributed by atoms with Gasteiger partial charge in [0, 0.05) is 18.2 Å². The highest BCUT2D eigenvalue weighted by molar-refractivity contribution is 6.33. The molecule has 0 atom stereocenters. The molecule has 0 fully saturated rings. The van der Waals surface area contributed by atoms with Gasteiger partial charge in [-0.2, -0.15) is 5.10 Å². The van der Waals surface area contributed by atoms with Gasteiger partial charge in [-0.05, 0) is 49.7 Å². The number of hydrogen-bond acceptors (Lipinski definition) is 2. The van der Waals surface area contributed by atoms with Gasteiger partial charge < -0.3 is 0 Å². The van der Waals surface area contributed by atoms with Gasteiger partial charge in [0.05, 0.1) is 21.7 Å². The summed E-state index contributed by atoms with van der Waals surface area (Å²) in [6.45, 7) is 3.96. The molecule has 0 amide bonds. The van der Waals surface area contributed by atoms with Crippen LogP contribution in [0.3, 0.4) is 0 Å². The fourth-order valence-electron chi connectivity index (χ4n) is 3.22. The Labute approximate surface area is 149 Å². The lowest BCUT2D eigenvalue weighted by atomic mass is 10.1. The summed E-state index contributed by atoms with van der Waals surface area (Å²) in [4.78, 5) is 4.51. The minimum Gasteiger partial charge on any atom is -0.283 e. The monoisotopic (exact) mass is 354 g/mol. The molecular weight excluding hydrogens is 339 g/mol. The van der Waals surface area contributed by atoms with Crippen LogP contribution in [0.15, 0.2) is 42.7 Å². The van der Waals surface area contributed by atoms with E-state index >= 15 is 0 Å². The van der Waals surface area contributed by atoms with Crippen LogP contribution < -0.4 is 0 Å². The summed E-state index contributed by atoms with van der Waals surface area (Å²) in [5.41, 5.74) is 5.48. The number of fused-ring (bicyclic) bond motifs is 1. The molecule has 6 heteroatoms. The van der Waals surface area contributed by atoms with Crippen LogP contribution in [0.2, 0.25) is 5.02 Å². The van der Waals surface area contributed by atoms with Gasteiger partial charge in [0.15, 0.2) is 0 Å². The fraction of sp³-hybridized carbons (Fsp3) is 0.158. The summed E-state index contributed by atoms with van der Waals surface area (Å²) in [6, 6.07) is 10.5. The van der Waals surface area contributed by atoms with E-state index < -0.39 is 0 Å². The maximum Gasteiger partial charge on any atom is 0.144 e. The number of aryl methyl sites for hydroxylation is 3. The van der Waals surface area contributed by atoms with Crippen molar-refractivity contribution in [3.8, 4) is 16.9 Å². The number of nitrogens with zero attached hydrogens (tertiary/aromatic N) is 4. The first-order valence-electron chi connectivity index (χ1n) is 7.89. The molecule has 0 radical (unpaired) electrons. The summed E-state index contributed by atoms with van der Waals surface area (Å²) < 4.78 is 17.3. The normalized spacial score (nSPS) is 11.4. The highest BCUT2D eigenvalue weighted by Crippen LogP contribution is 2.36. The zero-order valence-electron chi connectivity index (χ0n) is 14.1. The van der Waals surface area contributed by atoms with Gasteiger partial charge in [-0.3, -0.25) is 9.25 Å². The molecule has 0 aliphatic heterocycles. The van der Waals surface area contributed by atoms with Crippen molar-refractivity contribution in [1.29, 1.82) is 0 Å². The molecule has 0 saturated carbocycles. The summed E-state index contributed by atoms with van der Waals surface area (Å²) >= 11 is 6.32. The van der Waals surface area contributed by atoms with Crippen LogP contribution in [-0.2, 0) is 7.05 Å². The molecule has 0 bridgehead atoms. The van der Waals surface area contributed by atoms with Gasteiger partial charge in [0.2, 0.25) is 0 Å². The average Bonchev–Trinajstić information content (AvgIpc) is 3.07. The van der Waals surface area contributed by atoms with Crippen molar-refractivity contribution in [2.24, 2.45) is 7.05 Å². The van der Waals surface area contributed by atoms with Gasteiger partial charge in [0.25, 0.3) is 0 Å². The molecule has 2 aromatic heterocycles. The Morgan fingerprint density at radius 2 is 1.88 bits per heavy atom. The van der Waals surface area contributed by atoms with Crippen LogP contribution >= 0.6 is 11.6 Å². The fourth-order valence-corrected chi connectivity index (χ4v) is 3.48. The highest BCUT2D eigenvalue weighted by atomic mass is 35.5. The zero-order chi connectivity index (χ0) is 17.7. The minimum atomic E-state index is -0.361. The van der Waals surface area contributed by atoms with E-state index in [-0.39, 0.29) is 5.82 Å². The molecular formula is C19H16ClFN4. The van der Waals surface area contributed by atoms with Crippen molar-refractivity contribution in [2.45, 2.75) is 13.8 Å². The third-order valence-electron chi connectivity index (χ3n) is 4.32. The number of rotatable bonds is 2. The van der Waals surface area contributed by atoms with E-state index in [0.717, 1.165) is 39.2 Å². The Kier molecular flexibility index (Phi) is 3.62. The Morgan fingerprint density at radius 3 is 2.64 bits per heavy atom. The van der Waals surface area contributed by atoms with E-state index in [4.69, 9.17) is 11.6 Å². The SMILES string of the molecule is Cc1ccc2c(c1)ncn2-c1c(-c2ccc(F)cc2Cl)c(C)nn1C. The van der Waals surface area contributed by atoms with E-state index in [9.17, 15) is 4.39 Å². The number of hydrogen-bond donors (Lipinski definition) is 0. The molecule has 4 nitrogen and oxygen atoms in total. The number of halogens is 2. The van der Waals surface area contributed by atoms with Crippen molar-refractivity contribution in [2.75, 3.05) is 0 Å². The van der Waals surface area contributed by atoms with Crippen LogP contribution in [0.4, 0.5) is 4.39 Å². The Morgan fingerprint density at radius 1 is 1.08 bits per heavy atom. The second kappa shape index (κ2) is 5.70. The molecule has 2 heterocycles. The third-order valence-corrected chi connectivity index (χ3v) is 4.64. The molecule has 2 aromatic carbocycles. The van der Waals surface area contributed by atoms with Gasteiger partial charge >= 0.3 is 0 Å². The molecule has 0 N–H and O–H groups in total. The van der Waals surface area contributed by atoms with E-state index in [0.29, 0.717) is 5.02 Å². The van der Waals surface area contributed by atoms with E-state index in [1.54, 1.807) is 17.1 Å². The maximum absolute atomic E-state index is 13.5. The van der Waals surface area contributed by atoms with Gasteiger partial charge in [-0.25, -0.2) is 9.37 Å². The Bertz CT molecular complexity index is 1110. The van der Waals surface area contributed by atoms with Crippen LogP contribution in [0, 0.1) is 19.7 Å². The molecule has 4 aromatic rings. The largest absolute Gasteiger partial charge is 0.283 e. The van der Waals surface area contributed by atoms with Crippen LogP contribution in [-0.4, -0.2) is 19.3 Å². The molecule has 126 valence electrons. The lowest BCUT2D eigenvalue weighted by molar-refractivity contribution is 0.628. The van der Waals surface area contributed by atoms with Crippen molar-refractivity contribution >= 4 is 22.6 Å². The van der Waals surface area contributed by atoms with Crippen LogP contribution in [0.1, 0.15) is 11.3 Å². The number of imidazole rings is 1. The van der Waals surface area contributed by atoms with Crippen LogP contribution in [0.25, 0.3) is 28.0 Å². The zero-order valence-corrected chi connectivity index (χ0v) is 14.8.